The molecule has 1 aromatic carbocycles. The van der Waals surface area contributed by atoms with Crippen LogP contribution < -0.4 is 5.32 Å². The van der Waals surface area contributed by atoms with Crippen molar-refractivity contribution in [3.05, 3.63) is 35.4 Å². The van der Waals surface area contributed by atoms with Crippen molar-refractivity contribution in [1.29, 1.82) is 0 Å². The van der Waals surface area contributed by atoms with Crippen LogP contribution in [0.1, 0.15) is 37.1 Å². The average molecular weight is 304 g/mol. The zero-order valence-electron chi connectivity index (χ0n) is 12.8. The fraction of sp³-hybridized carbons (Fsp3) is 0.588. The van der Waals surface area contributed by atoms with Crippen molar-refractivity contribution < 1.29 is 4.79 Å². The summed E-state index contributed by atoms with van der Waals surface area (Å²) >= 11 is 2.04. The van der Waals surface area contributed by atoms with E-state index in [1.807, 2.05) is 18.7 Å². The van der Waals surface area contributed by atoms with Crippen LogP contribution in [-0.4, -0.2) is 34.9 Å². The summed E-state index contributed by atoms with van der Waals surface area (Å²) < 4.78 is 0. The molecule has 0 aromatic heterocycles. The minimum Gasteiger partial charge on any atom is -0.321 e. The molecule has 2 saturated heterocycles. The summed E-state index contributed by atoms with van der Waals surface area (Å²) in [6, 6.07) is 8.31. The molecule has 2 aliphatic heterocycles. The molecule has 0 saturated carbocycles. The monoisotopic (exact) mass is 304 g/mol. The number of aryl methyl sites for hydroxylation is 1. The van der Waals surface area contributed by atoms with Crippen molar-refractivity contribution in [1.82, 2.24) is 10.2 Å². The van der Waals surface area contributed by atoms with E-state index in [1.54, 1.807) is 0 Å². The first-order chi connectivity index (χ1) is 10.2. The first-order valence-electron chi connectivity index (χ1n) is 7.86. The van der Waals surface area contributed by atoms with Gasteiger partial charge < -0.3 is 4.90 Å². The van der Waals surface area contributed by atoms with E-state index >= 15 is 0 Å². The van der Waals surface area contributed by atoms with Gasteiger partial charge in [0.15, 0.2) is 0 Å². The fourth-order valence-electron chi connectivity index (χ4n) is 3.33. The Bertz CT molecular complexity index is 513. The minimum absolute atomic E-state index is 0.0447. The van der Waals surface area contributed by atoms with E-state index in [-0.39, 0.29) is 18.1 Å². The largest absolute Gasteiger partial charge is 0.321 e. The summed E-state index contributed by atoms with van der Waals surface area (Å²) in [7, 11) is 0. The SMILES string of the molecule is Cc1ccccc1C1NC(C)C(=O)N1CC1CCSCC1. The summed E-state index contributed by atoms with van der Waals surface area (Å²) in [5.41, 5.74) is 2.49. The number of carbonyl (C=O) groups is 1. The molecule has 3 rings (SSSR count). The van der Waals surface area contributed by atoms with Crippen LogP contribution in [0, 0.1) is 12.8 Å². The maximum absolute atomic E-state index is 12.5. The first kappa shape index (κ1) is 14.9. The standard InChI is InChI=1S/C17H24N2OS/c1-12-5-3-4-6-15(12)16-18-13(2)17(20)19(16)11-14-7-9-21-10-8-14/h3-6,13-14,16,18H,7-11H2,1-2H3. The van der Waals surface area contributed by atoms with E-state index in [9.17, 15) is 4.79 Å². The van der Waals surface area contributed by atoms with Crippen molar-refractivity contribution in [3.63, 3.8) is 0 Å². The predicted octanol–water partition coefficient (Wildman–Crippen LogP) is 2.96. The van der Waals surface area contributed by atoms with Crippen molar-refractivity contribution in [2.75, 3.05) is 18.1 Å². The van der Waals surface area contributed by atoms with Crippen molar-refractivity contribution >= 4 is 17.7 Å². The van der Waals surface area contributed by atoms with Gasteiger partial charge in [-0.2, -0.15) is 11.8 Å². The lowest BCUT2D eigenvalue weighted by Crippen LogP contribution is -2.36. The lowest BCUT2D eigenvalue weighted by Gasteiger charge is -2.31. The molecule has 0 aliphatic carbocycles. The van der Waals surface area contributed by atoms with E-state index in [0.717, 1.165) is 6.54 Å². The van der Waals surface area contributed by atoms with Gasteiger partial charge in [0.05, 0.1) is 6.04 Å². The Morgan fingerprint density at radius 3 is 2.71 bits per heavy atom. The van der Waals surface area contributed by atoms with Gasteiger partial charge in [-0.3, -0.25) is 10.1 Å². The molecule has 3 nitrogen and oxygen atoms in total. The van der Waals surface area contributed by atoms with Crippen molar-refractivity contribution in [3.8, 4) is 0 Å². The van der Waals surface area contributed by atoms with Crippen molar-refractivity contribution in [2.45, 2.75) is 38.9 Å². The molecule has 0 bridgehead atoms. The maximum atomic E-state index is 12.5. The van der Waals surface area contributed by atoms with Crippen LogP contribution in [-0.2, 0) is 4.79 Å². The molecule has 2 aliphatic rings. The Balaban J connectivity index is 1.81. The third-order valence-electron chi connectivity index (χ3n) is 4.65. The summed E-state index contributed by atoms with van der Waals surface area (Å²) in [5.74, 6) is 3.39. The van der Waals surface area contributed by atoms with E-state index in [1.165, 1.54) is 35.5 Å². The smallest absolute Gasteiger partial charge is 0.241 e. The van der Waals surface area contributed by atoms with E-state index in [0.29, 0.717) is 5.92 Å². The van der Waals surface area contributed by atoms with Crippen LogP contribution >= 0.6 is 11.8 Å². The zero-order valence-corrected chi connectivity index (χ0v) is 13.7. The Hall–Kier alpha value is -1.00. The molecule has 1 N–H and O–H groups in total. The van der Waals surface area contributed by atoms with Crippen LogP contribution in [0.2, 0.25) is 0 Å². The molecule has 21 heavy (non-hydrogen) atoms. The molecule has 1 amide bonds. The topological polar surface area (TPSA) is 32.3 Å². The second-order valence-corrected chi connectivity index (χ2v) is 7.42. The molecule has 4 heteroatoms. The van der Waals surface area contributed by atoms with E-state index < -0.39 is 0 Å². The summed E-state index contributed by atoms with van der Waals surface area (Å²) in [6.45, 7) is 5.00. The van der Waals surface area contributed by atoms with Gasteiger partial charge in [0.2, 0.25) is 5.91 Å². The van der Waals surface area contributed by atoms with Gasteiger partial charge in [0.25, 0.3) is 0 Å². The molecule has 2 heterocycles. The number of nitrogens with one attached hydrogen (secondary N) is 1. The molecule has 2 unspecified atom stereocenters. The normalized spacial score (nSPS) is 27.3. The lowest BCUT2D eigenvalue weighted by molar-refractivity contribution is -0.130. The molecule has 114 valence electrons. The summed E-state index contributed by atoms with van der Waals surface area (Å²) in [6.07, 6.45) is 2.52. The van der Waals surface area contributed by atoms with Crippen LogP contribution in [0.3, 0.4) is 0 Å². The Morgan fingerprint density at radius 1 is 1.29 bits per heavy atom. The fourth-order valence-corrected chi connectivity index (χ4v) is 4.53. The number of thioether (sulfide) groups is 1. The zero-order chi connectivity index (χ0) is 14.8. The van der Waals surface area contributed by atoms with E-state index in [4.69, 9.17) is 0 Å². The first-order valence-corrected chi connectivity index (χ1v) is 9.02. The summed E-state index contributed by atoms with van der Waals surface area (Å²) in [4.78, 5) is 14.6. The second-order valence-electron chi connectivity index (χ2n) is 6.19. The summed E-state index contributed by atoms with van der Waals surface area (Å²) in [5, 5.41) is 3.47. The number of hydrogen-bond acceptors (Lipinski definition) is 3. The highest BCUT2D eigenvalue weighted by Gasteiger charge is 2.38. The average Bonchev–Trinajstić information content (AvgIpc) is 2.77. The van der Waals surface area contributed by atoms with Gasteiger partial charge in [-0.1, -0.05) is 24.3 Å². The third kappa shape index (κ3) is 3.11. The van der Waals surface area contributed by atoms with Crippen LogP contribution in [0.15, 0.2) is 24.3 Å². The van der Waals surface area contributed by atoms with Gasteiger partial charge >= 0.3 is 0 Å². The highest BCUT2D eigenvalue weighted by atomic mass is 32.2. The molecule has 2 atom stereocenters. The minimum atomic E-state index is -0.0763. The van der Waals surface area contributed by atoms with Crippen LogP contribution in [0.25, 0.3) is 0 Å². The quantitative estimate of drug-likeness (QED) is 0.932. The number of benzene rings is 1. The molecular formula is C17H24N2OS. The van der Waals surface area contributed by atoms with Crippen molar-refractivity contribution in [2.24, 2.45) is 5.92 Å². The van der Waals surface area contributed by atoms with Gasteiger partial charge in [-0.15, -0.1) is 0 Å². The maximum Gasteiger partial charge on any atom is 0.241 e. The van der Waals surface area contributed by atoms with Gasteiger partial charge in [0.1, 0.15) is 6.17 Å². The van der Waals surface area contributed by atoms with Gasteiger partial charge in [-0.05, 0) is 55.2 Å². The molecule has 0 radical (unpaired) electrons. The highest BCUT2D eigenvalue weighted by molar-refractivity contribution is 7.99. The third-order valence-corrected chi connectivity index (χ3v) is 5.70. The molecule has 1 aromatic rings. The van der Waals surface area contributed by atoms with Crippen LogP contribution in [0.4, 0.5) is 0 Å². The number of rotatable bonds is 3. The molecule has 0 spiro atoms. The number of hydrogen-bond donors (Lipinski definition) is 1. The second kappa shape index (κ2) is 6.41. The predicted molar refractivity (Wildman–Crippen MR) is 88.3 cm³/mol. The number of carbonyl (C=O) groups excluding carboxylic acids is 1. The van der Waals surface area contributed by atoms with E-state index in [2.05, 4.69) is 41.4 Å². The lowest BCUT2D eigenvalue weighted by atomic mass is 10.0. The Kier molecular flexibility index (Phi) is 4.55. The molecule has 2 fully saturated rings. The highest BCUT2D eigenvalue weighted by Crippen LogP contribution is 2.31. The van der Waals surface area contributed by atoms with Gasteiger partial charge in [0, 0.05) is 6.54 Å². The molecular weight excluding hydrogens is 280 g/mol. The van der Waals surface area contributed by atoms with Gasteiger partial charge in [-0.25, -0.2) is 0 Å². The van der Waals surface area contributed by atoms with Crippen LogP contribution in [0.5, 0.6) is 0 Å². The Morgan fingerprint density at radius 2 is 2.00 bits per heavy atom. The number of amides is 1. The Labute approximate surface area is 131 Å². The number of nitrogens with zero attached hydrogens (tertiary/aromatic N) is 1.